The largest absolute Gasteiger partial charge is 0.491 e. The summed E-state index contributed by atoms with van der Waals surface area (Å²) >= 11 is 0. The monoisotopic (exact) mass is 728 g/mol. The Bertz CT molecular complexity index is 2160. The van der Waals surface area contributed by atoms with Crippen LogP contribution in [0, 0.1) is 6.92 Å². The van der Waals surface area contributed by atoms with Crippen molar-refractivity contribution in [3.63, 3.8) is 0 Å². The molecule has 5 aromatic rings. The maximum Gasteiger partial charge on any atom is 0.404 e. The van der Waals surface area contributed by atoms with Gasteiger partial charge in [0.15, 0.2) is 5.82 Å². The highest BCUT2D eigenvalue weighted by atomic mass is 16.5. The lowest BCUT2D eigenvalue weighted by molar-refractivity contribution is 0.0991. The lowest BCUT2D eigenvalue weighted by Crippen LogP contribution is -2.23. The van der Waals surface area contributed by atoms with E-state index in [9.17, 15) is 14.4 Å². The fourth-order valence-corrected chi connectivity index (χ4v) is 5.83. The Labute approximate surface area is 305 Å². The van der Waals surface area contributed by atoms with Crippen molar-refractivity contribution < 1.29 is 33.7 Å². The first-order valence-electron chi connectivity index (χ1n) is 17.0. The number of ether oxygens (including phenoxy) is 3. The molecule has 2 aromatic carbocycles. The average Bonchev–Trinajstić information content (AvgIpc) is 3.66. The summed E-state index contributed by atoms with van der Waals surface area (Å²) in [6.45, 7) is 6.41. The molecular weight excluding hydrogens is 684 g/mol. The Kier molecular flexibility index (Phi) is 12.3. The van der Waals surface area contributed by atoms with Gasteiger partial charge in [-0.15, -0.1) is 0 Å². The van der Waals surface area contributed by atoms with Crippen molar-refractivity contribution in [2.75, 3.05) is 51.1 Å². The van der Waals surface area contributed by atoms with Crippen LogP contribution < -0.4 is 37.3 Å². The molecule has 0 unspecified atom stereocenters. The molecule has 280 valence electrons. The van der Waals surface area contributed by atoms with E-state index in [0.717, 1.165) is 11.4 Å². The van der Waals surface area contributed by atoms with Crippen molar-refractivity contribution >= 4 is 51.2 Å². The molecular formula is C36H44N10O7. The van der Waals surface area contributed by atoms with Crippen LogP contribution in [-0.4, -0.2) is 87.3 Å². The van der Waals surface area contributed by atoms with Gasteiger partial charge in [0.1, 0.15) is 28.5 Å². The highest BCUT2D eigenvalue weighted by Gasteiger charge is 2.21. The molecule has 0 aliphatic rings. The van der Waals surface area contributed by atoms with Crippen molar-refractivity contribution in [3.05, 3.63) is 65.5 Å². The number of benzene rings is 2. The Morgan fingerprint density at radius 3 is 2.38 bits per heavy atom. The summed E-state index contributed by atoms with van der Waals surface area (Å²) in [5.41, 5.74) is 21.7. The number of hydrogen-bond donors (Lipinski definition) is 6. The molecule has 5 rings (SSSR count). The Morgan fingerprint density at radius 2 is 1.66 bits per heavy atom. The number of carbonyl (C=O) groups is 3. The Morgan fingerprint density at radius 1 is 0.943 bits per heavy atom. The molecule has 17 heteroatoms. The van der Waals surface area contributed by atoms with E-state index in [4.69, 9.17) is 46.5 Å². The van der Waals surface area contributed by atoms with Crippen molar-refractivity contribution in [1.29, 1.82) is 0 Å². The number of nitrogens with two attached hydrogens (primary N) is 3. The summed E-state index contributed by atoms with van der Waals surface area (Å²) in [7, 11) is 1.62. The Hall–Kier alpha value is -6.36. The number of rotatable bonds is 19. The number of nitrogens with one attached hydrogen (secondary N) is 2. The van der Waals surface area contributed by atoms with E-state index in [1.807, 2.05) is 41.3 Å². The maximum absolute atomic E-state index is 12.4. The number of methoxy groups -OCH3 is 1. The number of amides is 3. The highest BCUT2D eigenvalue weighted by Crippen LogP contribution is 2.37. The lowest BCUT2D eigenvalue weighted by atomic mass is 10.1. The normalized spacial score (nSPS) is 11.4. The van der Waals surface area contributed by atoms with E-state index >= 15 is 0 Å². The number of aryl methyl sites for hydroxylation is 2. The highest BCUT2D eigenvalue weighted by molar-refractivity contribution is 6.11. The zero-order valence-corrected chi connectivity index (χ0v) is 29.8. The van der Waals surface area contributed by atoms with E-state index in [2.05, 4.69) is 15.7 Å². The predicted molar refractivity (Wildman–Crippen MR) is 200 cm³/mol. The van der Waals surface area contributed by atoms with Gasteiger partial charge in [0.2, 0.25) is 11.8 Å². The van der Waals surface area contributed by atoms with Gasteiger partial charge in [0.05, 0.1) is 30.1 Å². The first-order valence-corrected chi connectivity index (χ1v) is 17.0. The molecule has 9 N–H and O–H groups in total. The number of primary amides is 2. The average molecular weight is 729 g/mol. The number of anilines is 2. The molecule has 3 amide bonds. The summed E-state index contributed by atoms with van der Waals surface area (Å²) in [4.78, 5) is 44.8. The molecule has 0 aliphatic carbocycles. The summed E-state index contributed by atoms with van der Waals surface area (Å²) in [6, 6.07) is 8.25. The molecule has 0 saturated heterocycles. The molecule has 53 heavy (non-hydrogen) atoms. The van der Waals surface area contributed by atoms with Crippen LogP contribution in [0.15, 0.2) is 48.7 Å². The minimum Gasteiger partial charge on any atom is -0.491 e. The van der Waals surface area contributed by atoms with E-state index in [1.165, 1.54) is 12.1 Å². The zero-order valence-electron chi connectivity index (χ0n) is 29.8. The van der Waals surface area contributed by atoms with Gasteiger partial charge in [-0.2, -0.15) is 5.10 Å². The molecule has 17 nitrogen and oxygen atoms in total. The van der Waals surface area contributed by atoms with Gasteiger partial charge in [0.25, 0.3) is 0 Å². The van der Waals surface area contributed by atoms with Crippen LogP contribution in [0.1, 0.15) is 46.2 Å². The summed E-state index contributed by atoms with van der Waals surface area (Å²) in [6.07, 6.45) is 5.46. The minimum atomic E-state index is -1.13. The van der Waals surface area contributed by atoms with E-state index < -0.39 is 17.9 Å². The summed E-state index contributed by atoms with van der Waals surface area (Å²) < 4.78 is 21.1. The fraction of sp³-hybridized carbons (Fsp3) is 0.333. The Balaban J connectivity index is 1.49. The van der Waals surface area contributed by atoms with Gasteiger partial charge >= 0.3 is 6.09 Å². The van der Waals surface area contributed by atoms with E-state index in [-0.39, 0.29) is 30.0 Å². The summed E-state index contributed by atoms with van der Waals surface area (Å²) in [5, 5.41) is 20.3. The molecule has 0 atom stereocenters. The van der Waals surface area contributed by atoms with Crippen LogP contribution in [0.3, 0.4) is 0 Å². The number of carboxylic acid groups (broad SMARTS) is 1. The number of carbonyl (C=O) groups excluding carboxylic acids is 2. The van der Waals surface area contributed by atoms with E-state index in [1.54, 1.807) is 25.4 Å². The third-order valence-electron chi connectivity index (χ3n) is 8.25. The van der Waals surface area contributed by atoms with Crippen LogP contribution in [0.25, 0.3) is 33.5 Å². The standard InChI is InChI=1S/C36H44N10O7/c1-4-46-27(15-21(2)44-46)34-42-20-25-24-16-22(32(38)47)19-29(53-14-8-12-51-3)31(24)45(35(25)43-34)11-6-5-9-40-30-26(37)17-23(33(39)48)18-28(30)52-13-7-10-41-36(49)50/h5-6,15-20,40-41H,4,7-14,37H2,1-3H3,(H2,38,47)(H2,39,48)(H,49,50). The molecule has 3 aromatic heterocycles. The minimum absolute atomic E-state index is 0.163. The van der Waals surface area contributed by atoms with Crippen LogP contribution in [0.2, 0.25) is 0 Å². The van der Waals surface area contributed by atoms with Gasteiger partial charge in [-0.3, -0.25) is 14.3 Å². The van der Waals surface area contributed by atoms with Crippen molar-refractivity contribution in [1.82, 2.24) is 29.6 Å². The van der Waals surface area contributed by atoms with Crippen molar-refractivity contribution in [2.24, 2.45) is 11.5 Å². The molecule has 0 bridgehead atoms. The quantitative estimate of drug-likeness (QED) is 0.0405. The van der Waals surface area contributed by atoms with Gasteiger partial charge in [0, 0.05) is 74.4 Å². The fourth-order valence-electron chi connectivity index (χ4n) is 5.83. The lowest BCUT2D eigenvalue weighted by Gasteiger charge is -2.16. The van der Waals surface area contributed by atoms with Crippen molar-refractivity contribution in [2.45, 2.75) is 39.8 Å². The van der Waals surface area contributed by atoms with Gasteiger partial charge in [-0.25, -0.2) is 14.8 Å². The second kappa shape index (κ2) is 17.2. The van der Waals surface area contributed by atoms with Gasteiger partial charge in [-0.05, 0) is 50.6 Å². The second-order valence-electron chi connectivity index (χ2n) is 12.0. The van der Waals surface area contributed by atoms with Crippen LogP contribution in [0.5, 0.6) is 11.5 Å². The van der Waals surface area contributed by atoms with E-state index in [0.29, 0.717) is 90.6 Å². The zero-order chi connectivity index (χ0) is 38.1. The number of nitrogen functional groups attached to an aromatic ring is 1. The molecule has 0 aliphatic heterocycles. The topological polar surface area (TPSA) is 250 Å². The third-order valence-corrected chi connectivity index (χ3v) is 8.25. The maximum atomic E-state index is 12.4. The van der Waals surface area contributed by atoms with Gasteiger partial charge < -0.3 is 51.7 Å². The van der Waals surface area contributed by atoms with Crippen molar-refractivity contribution in [3.8, 4) is 23.0 Å². The van der Waals surface area contributed by atoms with Crippen LogP contribution >= 0.6 is 0 Å². The SMILES string of the molecule is CCn1nc(C)cc1-c1ncc2c3cc(C(N)=O)cc(OCCCOC)c3n(CC=CCNc3c(N)cc(C(N)=O)cc3OCCCNC(=O)O)c2n1. The first kappa shape index (κ1) is 37.9. The third kappa shape index (κ3) is 8.93. The molecule has 0 fully saturated rings. The number of hydrogen-bond acceptors (Lipinski definition) is 11. The molecule has 3 heterocycles. The smallest absolute Gasteiger partial charge is 0.404 e. The number of fused-ring (bicyclic) bond motifs is 3. The molecule has 0 radical (unpaired) electrons. The van der Waals surface area contributed by atoms with Crippen LogP contribution in [-0.2, 0) is 17.8 Å². The number of nitrogens with zero attached hydrogens (tertiary/aromatic N) is 5. The molecule has 0 spiro atoms. The predicted octanol–water partition coefficient (Wildman–Crippen LogP) is 3.68. The second-order valence-corrected chi connectivity index (χ2v) is 12.0. The number of allylic oxidation sites excluding steroid dienone is 1. The van der Waals surface area contributed by atoms with Gasteiger partial charge in [-0.1, -0.05) is 12.2 Å². The first-order chi connectivity index (χ1) is 25.5. The summed E-state index contributed by atoms with van der Waals surface area (Å²) in [5.74, 6) is 0.00190. The number of aromatic nitrogens is 5. The van der Waals surface area contributed by atoms with Crippen LogP contribution in [0.4, 0.5) is 16.2 Å². The molecule has 0 saturated carbocycles.